The number of nitrogens with one attached hydrogen (secondary N) is 2. The van der Waals surface area contributed by atoms with Crippen molar-refractivity contribution in [1.29, 1.82) is 0 Å². The second-order valence-corrected chi connectivity index (χ2v) is 4.95. The lowest BCUT2D eigenvalue weighted by atomic mass is 10.2. The van der Waals surface area contributed by atoms with E-state index in [-0.39, 0.29) is 22.9 Å². The van der Waals surface area contributed by atoms with E-state index in [1.807, 2.05) is 0 Å². The average molecular weight is 300 g/mol. The maximum absolute atomic E-state index is 11.8. The van der Waals surface area contributed by atoms with Gasteiger partial charge in [0, 0.05) is 0 Å². The molecule has 0 atom stereocenters. The fourth-order valence-electron chi connectivity index (χ4n) is 1.86. The Labute approximate surface area is 127 Å². The molecule has 0 saturated heterocycles. The Bertz CT molecular complexity index is 741. The summed E-state index contributed by atoms with van der Waals surface area (Å²) in [6, 6.07) is 9.31. The summed E-state index contributed by atoms with van der Waals surface area (Å²) >= 11 is 0. The number of aromatic hydroxyl groups is 2. The number of carbonyl (C=O) groups is 2. The number of benzene rings is 2. The quantitative estimate of drug-likeness (QED) is 0.505. The molecular formula is C16H16N2O4. The minimum atomic E-state index is -0.944. The maximum Gasteiger partial charge on any atom is 0.314 e. The van der Waals surface area contributed by atoms with Gasteiger partial charge in [-0.2, -0.15) is 0 Å². The fraction of sp³-hybridized carbons (Fsp3) is 0.125. The van der Waals surface area contributed by atoms with Crippen LogP contribution in [0.1, 0.15) is 11.1 Å². The molecule has 0 aliphatic heterocycles. The molecule has 0 unspecified atom stereocenters. The molecule has 6 heteroatoms. The fourth-order valence-corrected chi connectivity index (χ4v) is 1.86. The zero-order valence-electron chi connectivity index (χ0n) is 12.2. The van der Waals surface area contributed by atoms with Gasteiger partial charge in [-0.15, -0.1) is 0 Å². The molecule has 0 spiro atoms. The second-order valence-electron chi connectivity index (χ2n) is 4.95. The molecule has 4 N–H and O–H groups in total. The van der Waals surface area contributed by atoms with Gasteiger partial charge in [0.2, 0.25) is 0 Å². The van der Waals surface area contributed by atoms with Crippen molar-refractivity contribution in [2.75, 3.05) is 10.6 Å². The lowest BCUT2D eigenvalue weighted by Crippen LogP contribution is -2.29. The third kappa shape index (κ3) is 3.54. The predicted molar refractivity (Wildman–Crippen MR) is 82.9 cm³/mol. The van der Waals surface area contributed by atoms with Crippen LogP contribution in [0.15, 0.2) is 36.4 Å². The first-order valence-corrected chi connectivity index (χ1v) is 6.58. The van der Waals surface area contributed by atoms with E-state index in [2.05, 4.69) is 10.6 Å². The molecule has 2 aromatic carbocycles. The highest BCUT2D eigenvalue weighted by Gasteiger charge is 2.17. The van der Waals surface area contributed by atoms with Crippen LogP contribution in [0, 0.1) is 13.8 Å². The molecule has 0 fully saturated rings. The number of phenols is 2. The molecule has 0 saturated carbocycles. The molecule has 0 aliphatic rings. The largest absolute Gasteiger partial charge is 0.506 e. The first-order chi connectivity index (χ1) is 10.4. The Hall–Kier alpha value is -3.02. The van der Waals surface area contributed by atoms with Crippen LogP contribution in [0.2, 0.25) is 0 Å². The van der Waals surface area contributed by atoms with Crippen molar-refractivity contribution in [2.24, 2.45) is 0 Å². The standard InChI is InChI=1S/C16H16N2O4/c1-9-4-6-13(19)12(7-9)18-16(22)15(21)17-11-5-3-10(2)8-14(11)20/h3-8,19-20H,1-2H3,(H,17,21)(H,18,22). The summed E-state index contributed by atoms with van der Waals surface area (Å²) < 4.78 is 0. The summed E-state index contributed by atoms with van der Waals surface area (Å²) in [6.45, 7) is 3.58. The Morgan fingerprint density at radius 1 is 0.773 bits per heavy atom. The number of aryl methyl sites for hydroxylation is 2. The summed E-state index contributed by atoms with van der Waals surface area (Å²) in [7, 11) is 0. The number of hydrogen-bond acceptors (Lipinski definition) is 4. The number of anilines is 2. The highest BCUT2D eigenvalue weighted by Crippen LogP contribution is 2.25. The molecule has 0 bridgehead atoms. The third-order valence-electron chi connectivity index (χ3n) is 3.01. The van der Waals surface area contributed by atoms with E-state index in [1.54, 1.807) is 32.0 Å². The van der Waals surface area contributed by atoms with Crippen molar-refractivity contribution in [3.63, 3.8) is 0 Å². The van der Waals surface area contributed by atoms with Crippen LogP contribution >= 0.6 is 0 Å². The molecule has 2 amide bonds. The highest BCUT2D eigenvalue weighted by molar-refractivity contribution is 6.43. The summed E-state index contributed by atoms with van der Waals surface area (Å²) in [6.07, 6.45) is 0. The normalized spacial score (nSPS) is 10.1. The van der Waals surface area contributed by atoms with Gasteiger partial charge in [-0.05, 0) is 49.2 Å². The van der Waals surface area contributed by atoms with E-state index in [9.17, 15) is 19.8 Å². The van der Waals surface area contributed by atoms with Crippen molar-refractivity contribution in [3.05, 3.63) is 47.5 Å². The van der Waals surface area contributed by atoms with Crippen LogP contribution in [0.25, 0.3) is 0 Å². The smallest absolute Gasteiger partial charge is 0.314 e. The second kappa shape index (κ2) is 6.17. The van der Waals surface area contributed by atoms with Gasteiger partial charge in [0.25, 0.3) is 0 Å². The van der Waals surface area contributed by atoms with Gasteiger partial charge in [0.15, 0.2) is 0 Å². The maximum atomic E-state index is 11.8. The van der Waals surface area contributed by atoms with E-state index < -0.39 is 11.8 Å². The van der Waals surface area contributed by atoms with Crippen molar-refractivity contribution in [1.82, 2.24) is 0 Å². The van der Waals surface area contributed by atoms with Crippen LogP contribution in [0.5, 0.6) is 11.5 Å². The number of amides is 2. The third-order valence-corrected chi connectivity index (χ3v) is 3.01. The Kier molecular flexibility index (Phi) is 4.31. The topological polar surface area (TPSA) is 98.7 Å². The number of rotatable bonds is 2. The van der Waals surface area contributed by atoms with Crippen LogP contribution in [-0.4, -0.2) is 22.0 Å². The Morgan fingerprint density at radius 3 is 1.95 bits per heavy atom. The minimum absolute atomic E-state index is 0.125. The lowest BCUT2D eigenvalue weighted by molar-refractivity contribution is -0.133. The zero-order chi connectivity index (χ0) is 16.3. The van der Waals surface area contributed by atoms with Crippen LogP contribution in [0.4, 0.5) is 11.4 Å². The van der Waals surface area contributed by atoms with E-state index in [0.717, 1.165) is 11.1 Å². The molecule has 0 radical (unpaired) electrons. The first-order valence-electron chi connectivity index (χ1n) is 6.58. The van der Waals surface area contributed by atoms with Crippen molar-refractivity contribution in [3.8, 4) is 11.5 Å². The van der Waals surface area contributed by atoms with Crippen LogP contribution < -0.4 is 10.6 Å². The monoisotopic (exact) mass is 300 g/mol. The van der Waals surface area contributed by atoms with Gasteiger partial charge in [0.05, 0.1) is 11.4 Å². The molecule has 0 aliphatic carbocycles. The molecular weight excluding hydrogens is 284 g/mol. The van der Waals surface area contributed by atoms with E-state index >= 15 is 0 Å². The summed E-state index contributed by atoms with van der Waals surface area (Å²) in [5.74, 6) is -2.15. The van der Waals surface area contributed by atoms with Crippen molar-refractivity contribution in [2.45, 2.75) is 13.8 Å². The number of phenolic OH excluding ortho intramolecular Hbond substituents is 2. The summed E-state index contributed by atoms with van der Waals surface area (Å²) in [5.41, 5.74) is 1.93. The van der Waals surface area contributed by atoms with Gasteiger partial charge < -0.3 is 20.8 Å². The predicted octanol–water partition coefficient (Wildman–Crippen LogP) is 2.29. The molecule has 114 valence electrons. The Balaban J connectivity index is 2.09. The highest BCUT2D eigenvalue weighted by atomic mass is 16.3. The van der Waals surface area contributed by atoms with Gasteiger partial charge in [0.1, 0.15) is 11.5 Å². The van der Waals surface area contributed by atoms with Crippen molar-refractivity contribution >= 4 is 23.2 Å². The summed E-state index contributed by atoms with van der Waals surface area (Å²) in [4.78, 5) is 23.7. The minimum Gasteiger partial charge on any atom is -0.506 e. The molecule has 2 aromatic rings. The summed E-state index contributed by atoms with van der Waals surface area (Å²) in [5, 5.41) is 24.0. The average Bonchev–Trinajstić information content (AvgIpc) is 2.45. The zero-order valence-corrected chi connectivity index (χ0v) is 12.2. The Morgan fingerprint density at radius 2 is 1.32 bits per heavy atom. The van der Waals surface area contributed by atoms with Crippen LogP contribution in [0.3, 0.4) is 0 Å². The van der Waals surface area contributed by atoms with Crippen molar-refractivity contribution < 1.29 is 19.8 Å². The SMILES string of the molecule is Cc1ccc(NC(=O)C(=O)Nc2cc(C)ccc2O)c(O)c1. The van der Waals surface area contributed by atoms with Gasteiger partial charge in [-0.25, -0.2) is 0 Å². The van der Waals surface area contributed by atoms with Crippen LogP contribution in [-0.2, 0) is 9.59 Å². The van der Waals surface area contributed by atoms with Gasteiger partial charge >= 0.3 is 11.8 Å². The molecule has 2 rings (SSSR count). The van der Waals surface area contributed by atoms with Gasteiger partial charge in [-0.1, -0.05) is 12.1 Å². The lowest BCUT2D eigenvalue weighted by Gasteiger charge is -2.10. The van der Waals surface area contributed by atoms with E-state index in [1.165, 1.54) is 18.2 Å². The number of carbonyl (C=O) groups excluding carboxylic acids is 2. The van der Waals surface area contributed by atoms with Gasteiger partial charge in [-0.3, -0.25) is 9.59 Å². The molecule has 0 heterocycles. The van der Waals surface area contributed by atoms with E-state index in [4.69, 9.17) is 0 Å². The molecule has 6 nitrogen and oxygen atoms in total. The molecule has 22 heavy (non-hydrogen) atoms. The molecule has 0 aromatic heterocycles. The first kappa shape index (κ1) is 15.4. The number of hydrogen-bond donors (Lipinski definition) is 4. The van der Waals surface area contributed by atoms with E-state index in [0.29, 0.717) is 0 Å².